The summed E-state index contributed by atoms with van der Waals surface area (Å²) in [7, 11) is 0. The number of piperidine rings is 1. The van der Waals surface area contributed by atoms with Crippen LogP contribution in [-0.2, 0) is 0 Å². The molecule has 0 bridgehead atoms. The summed E-state index contributed by atoms with van der Waals surface area (Å²) in [5, 5.41) is 1.12. The van der Waals surface area contributed by atoms with E-state index in [2.05, 4.69) is 28.1 Å². The van der Waals surface area contributed by atoms with E-state index >= 15 is 0 Å². The summed E-state index contributed by atoms with van der Waals surface area (Å²) in [6, 6.07) is 8.60. The van der Waals surface area contributed by atoms with Gasteiger partial charge in [0.15, 0.2) is 5.13 Å². The molecule has 1 aliphatic rings. The molecule has 0 aliphatic carbocycles. The van der Waals surface area contributed by atoms with E-state index in [1.54, 1.807) is 11.3 Å². The highest BCUT2D eigenvalue weighted by atomic mass is 32.1. The number of nitrogens with two attached hydrogens (primary N) is 1. The molecule has 3 rings (SSSR count). The van der Waals surface area contributed by atoms with Gasteiger partial charge in [0.05, 0.1) is 10.2 Å². The van der Waals surface area contributed by atoms with Crippen LogP contribution < -0.4 is 10.6 Å². The van der Waals surface area contributed by atoms with E-state index in [9.17, 15) is 0 Å². The number of thiazole rings is 1. The maximum absolute atomic E-state index is 5.99. The SMILES string of the molecule is NC1CCCN(c2nc3ccccc3s2)C1. The van der Waals surface area contributed by atoms with E-state index in [1.165, 1.54) is 11.1 Å². The Bertz CT molecular complexity index is 461. The van der Waals surface area contributed by atoms with Crippen LogP contribution in [0.1, 0.15) is 12.8 Å². The Morgan fingerprint density at radius 1 is 1.38 bits per heavy atom. The first-order valence-electron chi connectivity index (χ1n) is 5.69. The van der Waals surface area contributed by atoms with Crippen molar-refractivity contribution in [3.05, 3.63) is 24.3 Å². The molecule has 2 N–H and O–H groups in total. The molecule has 0 amide bonds. The molecule has 16 heavy (non-hydrogen) atoms. The molecule has 1 aromatic carbocycles. The molecule has 1 aliphatic heterocycles. The third-order valence-electron chi connectivity index (χ3n) is 3.01. The molecule has 0 spiro atoms. The Hall–Kier alpha value is -1.13. The van der Waals surface area contributed by atoms with Crippen molar-refractivity contribution >= 4 is 26.7 Å². The molecule has 1 unspecified atom stereocenters. The monoisotopic (exact) mass is 233 g/mol. The molecule has 3 nitrogen and oxygen atoms in total. The van der Waals surface area contributed by atoms with Crippen molar-refractivity contribution in [2.24, 2.45) is 5.73 Å². The Morgan fingerprint density at radius 3 is 3.06 bits per heavy atom. The highest BCUT2D eigenvalue weighted by molar-refractivity contribution is 7.22. The fraction of sp³-hybridized carbons (Fsp3) is 0.417. The number of hydrogen-bond acceptors (Lipinski definition) is 4. The predicted molar refractivity (Wildman–Crippen MR) is 69.0 cm³/mol. The van der Waals surface area contributed by atoms with Crippen molar-refractivity contribution in [3.63, 3.8) is 0 Å². The zero-order valence-electron chi connectivity index (χ0n) is 9.10. The third-order valence-corrected chi connectivity index (χ3v) is 4.11. The van der Waals surface area contributed by atoms with Crippen molar-refractivity contribution in [3.8, 4) is 0 Å². The average molecular weight is 233 g/mol. The molecule has 0 radical (unpaired) electrons. The van der Waals surface area contributed by atoms with Crippen LogP contribution in [0.15, 0.2) is 24.3 Å². The fourth-order valence-electron chi connectivity index (χ4n) is 2.18. The van der Waals surface area contributed by atoms with Gasteiger partial charge < -0.3 is 10.6 Å². The molecule has 0 saturated carbocycles. The number of benzene rings is 1. The molecule has 2 aromatic rings. The van der Waals surface area contributed by atoms with Gasteiger partial charge in [-0.1, -0.05) is 23.5 Å². The van der Waals surface area contributed by atoms with Crippen molar-refractivity contribution in [2.45, 2.75) is 18.9 Å². The summed E-state index contributed by atoms with van der Waals surface area (Å²) >= 11 is 1.77. The van der Waals surface area contributed by atoms with Gasteiger partial charge >= 0.3 is 0 Å². The van der Waals surface area contributed by atoms with Gasteiger partial charge in [-0.05, 0) is 25.0 Å². The predicted octanol–water partition coefficient (Wildman–Crippen LogP) is 2.22. The highest BCUT2D eigenvalue weighted by Crippen LogP contribution is 2.29. The van der Waals surface area contributed by atoms with Crippen LogP contribution in [0.2, 0.25) is 0 Å². The number of anilines is 1. The smallest absolute Gasteiger partial charge is 0.186 e. The lowest BCUT2D eigenvalue weighted by molar-refractivity contribution is 0.506. The minimum atomic E-state index is 0.306. The van der Waals surface area contributed by atoms with Crippen molar-refractivity contribution in [1.82, 2.24) is 4.98 Å². The zero-order valence-corrected chi connectivity index (χ0v) is 9.91. The second kappa shape index (κ2) is 4.03. The molecule has 4 heteroatoms. The quantitative estimate of drug-likeness (QED) is 0.821. The Balaban J connectivity index is 1.93. The Labute approximate surface area is 98.9 Å². The topological polar surface area (TPSA) is 42.1 Å². The van der Waals surface area contributed by atoms with Gasteiger partial charge in [0.2, 0.25) is 0 Å². The maximum atomic E-state index is 5.99. The van der Waals surface area contributed by atoms with Crippen LogP contribution in [0.5, 0.6) is 0 Å². The first-order chi connectivity index (χ1) is 7.83. The second-order valence-electron chi connectivity index (χ2n) is 4.31. The Morgan fingerprint density at radius 2 is 2.25 bits per heavy atom. The fourth-order valence-corrected chi connectivity index (χ4v) is 3.18. The number of nitrogens with zero attached hydrogens (tertiary/aromatic N) is 2. The van der Waals surface area contributed by atoms with E-state index < -0.39 is 0 Å². The van der Waals surface area contributed by atoms with Crippen molar-refractivity contribution in [2.75, 3.05) is 18.0 Å². The summed E-state index contributed by atoms with van der Waals surface area (Å²) in [6.45, 7) is 2.04. The van der Waals surface area contributed by atoms with Gasteiger partial charge in [0.1, 0.15) is 0 Å². The van der Waals surface area contributed by atoms with Gasteiger partial charge in [-0.2, -0.15) is 0 Å². The Kier molecular flexibility index (Phi) is 2.53. The average Bonchev–Trinajstić information content (AvgIpc) is 2.72. The van der Waals surface area contributed by atoms with Crippen LogP contribution in [-0.4, -0.2) is 24.1 Å². The minimum absolute atomic E-state index is 0.306. The molecular weight excluding hydrogens is 218 g/mol. The van der Waals surface area contributed by atoms with Crippen molar-refractivity contribution in [1.29, 1.82) is 0 Å². The largest absolute Gasteiger partial charge is 0.347 e. The lowest BCUT2D eigenvalue weighted by atomic mass is 10.1. The number of aromatic nitrogens is 1. The highest BCUT2D eigenvalue weighted by Gasteiger charge is 2.19. The molecule has 84 valence electrons. The normalized spacial score (nSPS) is 21.6. The molecule has 1 saturated heterocycles. The zero-order chi connectivity index (χ0) is 11.0. The first kappa shape index (κ1) is 10.1. The molecular formula is C12H15N3S. The summed E-state index contributed by atoms with van der Waals surface area (Å²) < 4.78 is 1.26. The van der Waals surface area contributed by atoms with Crippen LogP contribution in [0, 0.1) is 0 Å². The van der Waals surface area contributed by atoms with E-state index in [4.69, 9.17) is 5.73 Å². The van der Waals surface area contributed by atoms with Gasteiger partial charge in [-0.15, -0.1) is 0 Å². The van der Waals surface area contributed by atoms with Crippen molar-refractivity contribution < 1.29 is 0 Å². The van der Waals surface area contributed by atoms with E-state index in [-0.39, 0.29) is 0 Å². The number of rotatable bonds is 1. The van der Waals surface area contributed by atoms with Gasteiger partial charge in [0, 0.05) is 19.1 Å². The molecule has 1 atom stereocenters. The van der Waals surface area contributed by atoms with Gasteiger partial charge in [-0.25, -0.2) is 4.98 Å². The maximum Gasteiger partial charge on any atom is 0.186 e. The number of fused-ring (bicyclic) bond motifs is 1. The lowest BCUT2D eigenvalue weighted by Crippen LogP contribution is -2.42. The number of para-hydroxylation sites is 1. The standard InChI is InChI=1S/C12H15N3S/c13-9-4-3-7-15(8-9)12-14-10-5-1-2-6-11(10)16-12/h1-2,5-6,9H,3-4,7-8,13H2. The van der Waals surface area contributed by atoms with E-state index in [0.29, 0.717) is 6.04 Å². The van der Waals surface area contributed by atoms with Crippen LogP contribution in [0.3, 0.4) is 0 Å². The van der Waals surface area contributed by atoms with E-state index in [1.807, 2.05) is 6.07 Å². The molecule has 1 aromatic heterocycles. The lowest BCUT2D eigenvalue weighted by Gasteiger charge is -2.30. The minimum Gasteiger partial charge on any atom is -0.347 e. The van der Waals surface area contributed by atoms with Crippen LogP contribution >= 0.6 is 11.3 Å². The summed E-state index contributed by atoms with van der Waals surface area (Å²) in [6.07, 6.45) is 2.32. The number of hydrogen-bond donors (Lipinski definition) is 1. The van der Waals surface area contributed by atoms with Gasteiger partial charge in [-0.3, -0.25) is 0 Å². The third kappa shape index (κ3) is 1.79. The summed E-state index contributed by atoms with van der Waals surface area (Å²) in [5.41, 5.74) is 7.09. The van der Waals surface area contributed by atoms with Crippen LogP contribution in [0.4, 0.5) is 5.13 Å². The second-order valence-corrected chi connectivity index (χ2v) is 5.32. The summed E-state index contributed by atoms with van der Waals surface area (Å²) in [4.78, 5) is 6.98. The van der Waals surface area contributed by atoms with Gasteiger partial charge in [0.25, 0.3) is 0 Å². The summed E-state index contributed by atoms with van der Waals surface area (Å²) in [5.74, 6) is 0. The molecule has 1 fully saturated rings. The first-order valence-corrected chi connectivity index (χ1v) is 6.51. The molecule has 2 heterocycles. The van der Waals surface area contributed by atoms with Crippen LogP contribution in [0.25, 0.3) is 10.2 Å². The van der Waals surface area contributed by atoms with E-state index in [0.717, 1.165) is 30.2 Å².